The Morgan fingerprint density at radius 1 is 0.279 bits per heavy atom. The molecule has 0 fully saturated rings. The number of amides is 6. The SMILES string of the molecule is O=C1CCC([O-])=N1.O=C1CCC([O-])=N1.O=C1CCC([O-])=N1.O=C1CCC([O-])=N1.O=C1CCC([O-])=N1.O=C1CCC([O-])=N1.[Mo]. The van der Waals surface area contributed by atoms with Gasteiger partial charge in [-0.3, -0.25) is 28.8 Å². The zero-order valence-corrected chi connectivity index (χ0v) is 24.5. The van der Waals surface area contributed by atoms with Gasteiger partial charge in [0.2, 0.25) is 35.4 Å². The van der Waals surface area contributed by atoms with Crippen LogP contribution in [0.2, 0.25) is 0 Å². The molecule has 0 radical (unpaired) electrons. The molecular weight excluding hydrogens is 660 g/mol. The van der Waals surface area contributed by atoms with E-state index in [9.17, 15) is 59.4 Å². The molecule has 0 saturated carbocycles. The van der Waals surface area contributed by atoms with E-state index in [1.165, 1.54) is 0 Å². The van der Waals surface area contributed by atoms with Crippen LogP contribution >= 0.6 is 0 Å². The molecule has 0 aromatic rings. The summed E-state index contributed by atoms with van der Waals surface area (Å²) in [6, 6.07) is 0. The zero-order chi connectivity index (χ0) is 31.7. The standard InChI is InChI=1S/6C4H5NO2.Mo/c6*6-3-1-2-4(7)5-3;/h6*1-2H2,(H,5,6,7);/p-6. The van der Waals surface area contributed by atoms with E-state index in [-0.39, 0.29) is 91.9 Å². The van der Waals surface area contributed by atoms with Crippen molar-refractivity contribution in [1.29, 1.82) is 0 Å². The van der Waals surface area contributed by atoms with Crippen LogP contribution in [-0.2, 0) is 49.8 Å². The summed E-state index contributed by atoms with van der Waals surface area (Å²) in [5, 5.41) is 60.4. The summed E-state index contributed by atoms with van der Waals surface area (Å²) < 4.78 is 0. The van der Waals surface area contributed by atoms with Gasteiger partial charge in [0.15, 0.2) is 0 Å². The third-order valence-corrected chi connectivity index (χ3v) is 4.81. The second-order valence-corrected chi connectivity index (χ2v) is 8.40. The van der Waals surface area contributed by atoms with Crippen molar-refractivity contribution in [1.82, 2.24) is 0 Å². The zero-order valence-electron chi connectivity index (χ0n) is 22.5. The molecule has 6 amide bonds. The first kappa shape index (κ1) is 38.5. The van der Waals surface area contributed by atoms with Crippen molar-refractivity contribution < 1.29 is 80.5 Å². The van der Waals surface area contributed by atoms with Gasteiger partial charge in [-0.25, -0.2) is 30.0 Å². The Morgan fingerprint density at radius 2 is 0.395 bits per heavy atom. The molecule has 6 heterocycles. The maximum atomic E-state index is 10.1. The first-order chi connectivity index (χ1) is 19.7. The van der Waals surface area contributed by atoms with Gasteiger partial charge in [0.25, 0.3) is 0 Å². The fraction of sp³-hybridized carbons (Fsp3) is 0.500. The molecule has 6 aliphatic rings. The van der Waals surface area contributed by atoms with Crippen molar-refractivity contribution in [3.63, 3.8) is 0 Å². The minimum Gasteiger partial charge on any atom is -0.862 e. The molecule has 0 N–H and O–H groups in total. The van der Waals surface area contributed by atoms with Crippen molar-refractivity contribution in [2.24, 2.45) is 30.0 Å². The van der Waals surface area contributed by atoms with Crippen molar-refractivity contribution in [3.05, 3.63) is 0 Å². The molecule has 6 aliphatic heterocycles. The molecule has 0 unspecified atom stereocenters. The quantitative estimate of drug-likeness (QED) is 0.216. The Morgan fingerprint density at radius 3 is 0.419 bits per heavy atom. The number of nitrogens with zero attached hydrogens (tertiary/aromatic N) is 6. The predicted octanol–water partition coefficient (Wildman–Crippen LogP) is -5.61. The number of carbonyl (C=O) groups is 6. The molecule has 0 aromatic heterocycles. The van der Waals surface area contributed by atoms with Crippen LogP contribution in [-0.4, -0.2) is 70.8 Å². The molecule has 0 bridgehead atoms. The molecule has 18 nitrogen and oxygen atoms in total. The molecule has 0 spiro atoms. The topological polar surface area (TPSA) is 315 Å². The van der Waals surface area contributed by atoms with E-state index in [1.807, 2.05) is 0 Å². The molecule has 0 atom stereocenters. The van der Waals surface area contributed by atoms with E-state index in [0.29, 0.717) is 77.0 Å². The summed E-state index contributed by atoms with van der Waals surface area (Å²) in [6.45, 7) is 0. The molecule has 234 valence electrons. The fourth-order valence-corrected chi connectivity index (χ4v) is 2.79. The van der Waals surface area contributed by atoms with E-state index in [2.05, 4.69) is 30.0 Å². The summed E-state index contributed by atoms with van der Waals surface area (Å²) >= 11 is 0. The van der Waals surface area contributed by atoms with Gasteiger partial charge < -0.3 is 30.6 Å². The van der Waals surface area contributed by atoms with Crippen LogP contribution < -0.4 is 30.6 Å². The number of carbonyl (C=O) groups excluding carboxylic acids is 6. The summed E-state index contributed by atoms with van der Waals surface area (Å²) in [5.74, 6) is -3.28. The van der Waals surface area contributed by atoms with E-state index >= 15 is 0 Å². The minimum absolute atomic E-state index is 0. The molecule has 0 aromatic carbocycles. The van der Waals surface area contributed by atoms with Gasteiger partial charge in [-0.15, -0.1) is 0 Å². The van der Waals surface area contributed by atoms with E-state index in [4.69, 9.17) is 0 Å². The Bertz CT molecular complexity index is 1020. The number of hydrogen-bond donors (Lipinski definition) is 0. The van der Waals surface area contributed by atoms with Gasteiger partial charge in [-0.1, -0.05) is 0 Å². The van der Waals surface area contributed by atoms with Crippen LogP contribution in [0, 0.1) is 0 Å². The van der Waals surface area contributed by atoms with Crippen LogP contribution in [0.5, 0.6) is 0 Å². The first-order valence-electron chi connectivity index (χ1n) is 12.4. The summed E-state index contributed by atoms with van der Waals surface area (Å²) in [4.78, 5) is 79.1. The Kier molecular flexibility index (Phi) is 18.3. The van der Waals surface area contributed by atoms with Crippen LogP contribution in [0.1, 0.15) is 77.0 Å². The smallest absolute Gasteiger partial charge is 0.245 e. The van der Waals surface area contributed by atoms with Gasteiger partial charge in [0.1, 0.15) is 0 Å². The molecule has 43 heavy (non-hydrogen) atoms. The van der Waals surface area contributed by atoms with Crippen molar-refractivity contribution in [2.75, 3.05) is 0 Å². The van der Waals surface area contributed by atoms with Crippen molar-refractivity contribution in [3.8, 4) is 0 Å². The molecular formula is C24H24MoN6O12-6. The van der Waals surface area contributed by atoms with Gasteiger partial charge in [-0.05, 0) is 73.9 Å². The molecule has 0 saturated heterocycles. The molecule has 19 heteroatoms. The second-order valence-electron chi connectivity index (χ2n) is 8.40. The number of rotatable bonds is 0. The van der Waals surface area contributed by atoms with Crippen molar-refractivity contribution in [2.45, 2.75) is 77.0 Å². The normalized spacial score (nSPS) is 19.5. The third kappa shape index (κ3) is 19.3. The second kappa shape index (κ2) is 20.4. The van der Waals surface area contributed by atoms with Crippen LogP contribution in [0.25, 0.3) is 0 Å². The van der Waals surface area contributed by atoms with Gasteiger partial charge in [0.05, 0.1) is 0 Å². The molecule has 6 rings (SSSR count). The third-order valence-electron chi connectivity index (χ3n) is 4.81. The van der Waals surface area contributed by atoms with Crippen LogP contribution in [0.15, 0.2) is 30.0 Å². The monoisotopic (exact) mass is 686 g/mol. The number of aliphatic imine (C=N–C) groups is 6. The van der Waals surface area contributed by atoms with E-state index in [0.717, 1.165) is 0 Å². The van der Waals surface area contributed by atoms with Crippen LogP contribution in [0.4, 0.5) is 0 Å². The predicted molar refractivity (Wildman–Crippen MR) is 130 cm³/mol. The number of hydrogen-bond acceptors (Lipinski definition) is 12. The Labute approximate surface area is 258 Å². The average molecular weight is 684 g/mol. The summed E-state index contributed by atoms with van der Waals surface area (Å²) in [7, 11) is 0. The maximum absolute atomic E-state index is 10.1. The fourth-order valence-electron chi connectivity index (χ4n) is 2.79. The molecule has 0 aliphatic carbocycles. The summed E-state index contributed by atoms with van der Waals surface area (Å²) in [6.07, 6.45) is 3.82. The van der Waals surface area contributed by atoms with E-state index < -0.39 is 0 Å². The van der Waals surface area contributed by atoms with Gasteiger partial charge in [-0.2, -0.15) is 0 Å². The van der Waals surface area contributed by atoms with E-state index in [1.54, 1.807) is 0 Å². The summed E-state index contributed by atoms with van der Waals surface area (Å²) in [5.41, 5.74) is 0. The largest absolute Gasteiger partial charge is 0.862 e. The first-order valence-corrected chi connectivity index (χ1v) is 12.4. The van der Waals surface area contributed by atoms with Crippen molar-refractivity contribution >= 4 is 70.8 Å². The van der Waals surface area contributed by atoms with Gasteiger partial charge >= 0.3 is 0 Å². The minimum atomic E-state index is -0.273. The maximum Gasteiger partial charge on any atom is 0.245 e. The Balaban J connectivity index is 0.000000490. The Hall–Kier alpha value is -4.47. The average Bonchev–Trinajstić information content (AvgIpc) is 3.76. The van der Waals surface area contributed by atoms with Gasteiger partial charge in [0, 0.05) is 59.6 Å². The van der Waals surface area contributed by atoms with Crippen LogP contribution in [0.3, 0.4) is 0 Å².